The molecule has 0 aromatic carbocycles. The summed E-state index contributed by atoms with van der Waals surface area (Å²) in [6.45, 7) is 9.62. The van der Waals surface area contributed by atoms with E-state index in [0.29, 0.717) is 0 Å². The van der Waals surface area contributed by atoms with E-state index in [0.717, 1.165) is 55.3 Å². The quantitative estimate of drug-likeness (QED) is 0.690. The number of hydrogen-bond acceptors (Lipinski definition) is 4. The number of nitrogens with zero attached hydrogens (tertiary/aromatic N) is 3. The molecule has 2 fully saturated rings. The van der Waals surface area contributed by atoms with Crippen LogP contribution in [0.3, 0.4) is 0 Å². The summed E-state index contributed by atoms with van der Waals surface area (Å²) in [6.07, 6.45) is 8.23. The Kier molecular flexibility index (Phi) is 6.10. The van der Waals surface area contributed by atoms with Gasteiger partial charge in [-0.15, -0.1) is 0 Å². The second-order valence-electron chi connectivity index (χ2n) is 8.46. The van der Waals surface area contributed by atoms with Gasteiger partial charge in [-0.05, 0) is 80.3 Å². The van der Waals surface area contributed by atoms with Crippen molar-refractivity contribution in [3.05, 3.63) is 22.9 Å². The molecular weight excluding hydrogens is 394 g/mol. The van der Waals surface area contributed by atoms with Gasteiger partial charge in [0.25, 0.3) is 0 Å². The Morgan fingerprint density at radius 2 is 1.69 bits per heavy atom. The van der Waals surface area contributed by atoms with E-state index in [1.54, 1.807) is 0 Å². The SMILES string of the molecule is CC(C)(C)OC(=O)N1CCC(C2CCN(c3ccncc3Br)CC2)CC1. The number of rotatable bonds is 2. The van der Waals surface area contributed by atoms with Gasteiger partial charge in [-0.3, -0.25) is 4.98 Å². The van der Waals surface area contributed by atoms with Gasteiger partial charge in [-0.25, -0.2) is 4.79 Å². The smallest absolute Gasteiger partial charge is 0.410 e. The van der Waals surface area contributed by atoms with Crippen molar-refractivity contribution in [1.82, 2.24) is 9.88 Å². The molecule has 0 bridgehead atoms. The van der Waals surface area contributed by atoms with Crippen LogP contribution in [0.2, 0.25) is 0 Å². The molecule has 0 unspecified atom stereocenters. The van der Waals surface area contributed by atoms with Crippen LogP contribution in [0.15, 0.2) is 22.9 Å². The Morgan fingerprint density at radius 3 is 2.23 bits per heavy atom. The minimum Gasteiger partial charge on any atom is -0.444 e. The van der Waals surface area contributed by atoms with Crippen LogP contribution in [0.1, 0.15) is 46.5 Å². The summed E-state index contributed by atoms with van der Waals surface area (Å²) in [7, 11) is 0. The maximum atomic E-state index is 12.2. The molecule has 3 rings (SSSR count). The predicted molar refractivity (Wildman–Crippen MR) is 107 cm³/mol. The molecule has 2 aliphatic heterocycles. The molecule has 2 aliphatic rings. The molecule has 26 heavy (non-hydrogen) atoms. The Morgan fingerprint density at radius 1 is 1.12 bits per heavy atom. The molecule has 0 saturated carbocycles. The summed E-state index contributed by atoms with van der Waals surface area (Å²) in [5.41, 5.74) is 0.834. The van der Waals surface area contributed by atoms with E-state index >= 15 is 0 Å². The maximum Gasteiger partial charge on any atom is 0.410 e. The van der Waals surface area contributed by atoms with Crippen molar-refractivity contribution in [1.29, 1.82) is 0 Å². The largest absolute Gasteiger partial charge is 0.444 e. The molecule has 3 heterocycles. The third-order valence-electron chi connectivity index (χ3n) is 5.49. The molecule has 0 atom stereocenters. The molecule has 0 spiro atoms. The average molecular weight is 424 g/mol. The van der Waals surface area contributed by atoms with Gasteiger partial charge in [0.05, 0.1) is 10.2 Å². The third kappa shape index (κ3) is 4.90. The molecular formula is C20H30BrN3O2. The fourth-order valence-electron chi connectivity index (χ4n) is 4.12. The highest BCUT2D eigenvalue weighted by molar-refractivity contribution is 9.10. The Labute approximate surface area is 165 Å². The van der Waals surface area contributed by atoms with Crippen LogP contribution >= 0.6 is 15.9 Å². The third-order valence-corrected chi connectivity index (χ3v) is 6.10. The van der Waals surface area contributed by atoms with E-state index in [2.05, 4.69) is 31.9 Å². The summed E-state index contributed by atoms with van der Waals surface area (Å²) in [6, 6.07) is 2.09. The number of halogens is 1. The zero-order valence-electron chi connectivity index (χ0n) is 16.1. The van der Waals surface area contributed by atoms with E-state index in [9.17, 15) is 4.79 Å². The molecule has 6 heteroatoms. The first-order valence-corrected chi connectivity index (χ1v) is 10.4. The van der Waals surface area contributed by atoms with Gasteiger partial charge in [-0.2, -0.15) is 0 Å². The monoisotopic (exact) mass is 423 g/mol. The van der Waals surface area contributed by atoms with Crippen LogP contribution in [-0.2, 0) is 4.74 Å². The topological polar surface area (TPSA) is 45.7 Å². The highest BCUT2D eigenvalue weighted by Gasteiger charge is 2.32. The number of anilines is 1. The lowest BCUT2D eigenvalue weighted by atomic mass is 9.79. The first-order valence-electron chi connectivity index (χ1n) is 9.66. The molecule has 0 aliphatic carbocycles. The second kappa shape index (κ2) is 8.15. The molecule has 5 nitrogen and oxygen atoms in total. The number of amides is 1. The van der Waals surface area contributed by atoms with E-state index < -0.39 is 5.60 Å². The molecule has 1 aromatic heterocycles. The molecule has 1 aromatic rings. The standard InChI is InChI=1S/C20H30BrN3O2/c1-20(2,3)26-19(25)24-12-7-16(8-13-24)15-5-10-23(11-6-15)18-4-9-22-14-17(18)21/h4,9,14-16H,5-8,10-13H2,1-3H3. The van der Waals surface area contributed by atoms with Gasteiger partial charge in [0, 0.05) is 38.6 Å². The van der Waals surface area contributed by atoms with Crippen molar-refractivity contribution < 1.29 is 9.53 Å². The summed E-state index contributed by atoms with van der Waals surface area (Å²) in [4.78, 5) is 20.7. The minimum absolute atomic E-state index is 0.159. The normalized spacial score (nSPS) is 20.3. The number of hydrogen-bond donors (Lipinski definition) is 0. The van der Waals surface area contributed by atoms with E-state index in [1.807, 2.05) is 38.1 Å². The van der Waals surface area contributed by atoms with Gasteiger partial charge >= 0.3 is 6.09 Å². The van der Waals surface area contributed by atoms with Crippen LogP contribution in [0.25, 0.3) is 0 Å². The molecule has 0 N–H and O–H groups in total. The number of ether oxygens (including phenoxy) is 1. The Hall–Kier alpha value is -1.30. The lowest BCUT2D eigenvalue weighted by Gasteiger charge is -2.41. The second-order valence-corrected chi connectivity index (χ2v) is 9.31. The van der Waals surface area contributed by atoms with Gasteiger partial charge in [-0.1, -0.05) is 0 Å². The summed E-state index contributed by atoms with van der Waals surface area (Å²) in [5.74, 6) is 1.50. The summed E-state index contributed by atoms with van der Waals surface area (Å²) >= 11 is 3.61. The van der Waals surface area contributed by atoms with Crippen LogP contribution in [0, 0.1) is 11.8 Å². The number of carbonyl (C=O) groups is 1. The number of carbonyl (C=O) groups excluding carboxylic acids is 1. The fourth-order valence-corrected chi connectivity index (χ4v) is 4.62. The Balaban J connectivity index is 1.47. The number of pyridine rings is 1. The average Bonchev–Trinajstić information content (AvgIpc) is 2.61. The lowest BCUT2D eigenvalue weighted by molar-refractivity contribution is 0.0152. The molecule has 144 valence electrons. The molecule has 1 amide bonds. The van der Waals surface area contributed by atoms with Crippen molar-refractivity contribution in [2.45, 2.75) is 52.1 Å². The van der Waals surface area contributed by atoms with Crippen molar-refractivity contribution in [2.24, 2.45) is 11.8 Å². The van der Waals surface area contributed by atoms with Crippen LogP contribution in [0.4, 0.5) is 10.5 Å². The number of aromatic nitrogens is 1. The van der Waals surface area contributed by atoms with Crippen LogP contribution in [0.5, 0.6) is 0 Å². The van der Waals surface area contributed by atoms with Crippen LogP contribution < -0.4 is 4.90 Å². The first-order chi connectivity index (χ1) is 12.3. The number of likely N-dealkylation sites (tertiary alicyclic amines) is 1. The zero-order valence-corrected chi connectivity index (χ0v) is 17.7. The fraction of sp³-hybridized carbons (Fsp3) is 0.700. The van der Waals surface area contributed by atoms with Gasteiger partial charge in [0.1, 0.15) is 5.60 Å². The lowest BCUT2D eigenvalue weighted by Crippen LogP contribution is -2.44. The highest BCUT2D eigenvalue weighted by Crippen LogP contribution is 2.35. The van der Waals surface area contributed by atoms with Crippen molar-refractivity contribution in [3.8, 4) is 0 Å². The summed E-state index contributed by atoms with van der Waals surface area (Å²) in [5, 5.41) is 0. The van der Waals surface area contributed by atoms with E-state index in [4.69, 9.17) is 4.74 Å². The summed E-state index contributed by atoms with van der Waals surface area (Å²) < 4.78 is 6.58. The van der Waals surface area contributed by atoms with Crippen LogP contribution in [-0.4, -0.2) is 47.8 Å². The highest BCUT2D eigenvalue weighted by atomic mass is 79.9. The van der Waals surface area contributed by atoms with E-state index in [1.165, 1.54) is 18.5 Å². The van der Waals surface area contributed by atoms with Crippen molar-refractivity contribution >= 4 is 27.7 Å². The molecule has 0 radical (unpaired) electrons. The Bertz CT molecular complexity index is 616. The first kappa shape index (κ1) is 19.5. The number of piperidine rings is 2. The van der Waals surface area contributed by atoms with E-state index in [-0.39, 0.29) is 6.09 Å². The molecule has 2 saturated heterocycles. The van der Waals surface area contributed by atoms with Gasteiger partial charge < -0.3 is 14.5 Å². The minimum atomic E-state index is -0.415. The maximum absolute atomic E-state index is 12.2. The van der Waals surface area contributed by atoms with Gasteiger partial charge in [0.2, 0.25) is 0 Å². The van der Waals surface area contributed by atoms with Crippen molar-refractivity contribution in [2.75, 3.05) is 31.1 Å². The predicted octanol–water partition coefficient (Wildman–Crippen LogP) is 4.71. The van der Waals surface area contributed by atoms with Crippen molar-refractivity contribution in [3.63, 3.8) is 0 Å². The zero-order chi connectivity index (χ0) is 18.7. The van der Waals surface area contributed by atoms with Gasteiger partial charge in [0.15, 0.2) is 0 Å².